The first-order valence-corrected chi connectivity index (χ1v) is 0. The van der Waals surface area contributed by atoms with E-state index in [9.17, 15) is 0 Å². The minimum atomic E-state index is 0. The van der Waals surface area contributed by atoms with Crippen LogP contribution in [0.4, 0.5) is 0 Å². The van der Waals surface area contributed by atoms with Crippen LogP contribution in [0.2, 0.25) is 0 Å². The maximum atomic E-state index is 0. The van der Waals surface area contributed by atoms with Gasteiger partial charge in [-0.1, -0.05) is 0 Å². The predicted octanol–water partition coefficient (Wildman–Crippen LogP) is -1.34. The van der Waals surface area contributed by atoms with Crippen LogP contribution in [0.15, 0.2) is 0 Å². The molecule has 0 rings (SSSR count). The molecular weight excluding hydrogens is 262 g/mol. The van der Waals surface area contributed by atoms with Crippen LogP contribution in [0, 0.1) is 41.7 Å². The average Bonchev–Trinajstić information content (AvgIpc) is 0. The molecule has 0 heterocycles. The SMILES string of the molecule is [AlH3].[Ca+2].[Ce].[H-].[H-].[Mn]. The number of hydrogen-bond acceptors (Lipinski definition) is 0. The minimum Gasteiger partial charge on any atom is -1.00 e. The molecule has 0 aliphatic rings. The average molecular weight is 267 g/mol. The van der Waals surface area contributed by atoms with Crippen LogP contribution in [0.1, 0.15) is 2.85 Å². The summed E-state index contributed by atoms with van der Waals surface area (Å²) in [7, 11) is 0. The Morgan fingerprint density at radius 3 is 1.25 bits per heavy atom. The fraction of sp³-hybridized carbons (Fsp3) is 0. The van der Waals surface area contributed by atoms with E-state index < -0.39 is 0 Å². The molecule has 0 aromatic heterocycles. The van der Waals surface area contributed by atoms with Crippen molar-refractivity contribution in [3.63, 3.8) is 0 Å². The maximum absolute atomic E-state index is 0. The van der Waals surface area contributed by atoms with Crippen molar-refractivity contribution in [2.24, 2.45) is 0 Å². The molecule has 0 N–H and O–H groups in total. The molecule has 4 heavy (non-hydrogen) atoms. The number of hydrogen-bond donors (Lipinski definition) is 0. The summed E-state index contributed by atoms with van der Waals surface area (Å²) in [6.07, 6.45) is 0. The first-order chi connectivity index (χ1) is 0. The molecule has 0 nitrogen and oxygen atoms in total. The molecule has 0 aliphatic heterocycles. The Balaban J connectivity index is 0. The third kappa shape index (κ3) is 9.19. The van der Waals surface area contributed by atoms with Crippen molar-refractivity contribution >= 4 is 55.1 Å². The van der Waals surface area contributed by atoms with Gasteiger partial charge < -0.3 is 2.85 Å². The zero-order chi connectivity index (χ0) is 0. The summed E-state index contributed by atoms with van der Waals surface area (Å²) in [5.74, 6) is 0. The summed E-state index contributed by atoms with van der Waals surface area (Å²) < 4.78 is 0. The molecule has 0 bridgehead atoms. The Bertz CT molecular complexity index is 13.5. The van der Waals surface area contributed by atoms with Crippen LogP contribution >= 0.6 is 0 Å². The Hall–Kier alpha value is 3.69. The van der Waals surface area contributed by atoms with E-state index in [1.807, 2.05) is 0 Å². The molecule has 0 saturated heterocycles. The largest absolute Gasteiger partial charge is 2.00 e. The predicted molar refractivity (Wildman–Crippen MR) is 17.9 cm³/mol. The summed E-state index contributed by atoms with van der Waals surface area (Å²) in [5.41, 5.74) is 0. The van der Waals surface area contributed by atoms with Gasteiger partial charge in [0, 0.05) is 58.8 Å². The van der Waals surface area contributed by atoms with Gasteiger partial charge in [0.25, 0.3) is 0 Å². The van der Waals surface area contributed by atoms with E-state index in [4.69, 9.17) is 0 Å². The van der Waals surface area contributed by atoms with E-state index in [2.05, 4.69) is 0 Å². The van der Waals surface area contributed by atoms with Crippen LogP contribution in [0.3, 0.4) is 0 Å². The molecule has 0 amide bonds. The zero-order valence-electron chi connectivity index (χ0n) is 3.59. The Morgan fingerprint density at radius 2 is 1.25 bits per heavy atom. The normalized spacial score (nSPS) is 0. The van der Waals surface area contributed by atoms with Gasteiger partial charge in [-0.05, 0) is 0 Å². The van der Waals surface area contributed by atoms with Gasteiger partial charge in [0.15, 0.2) is 17.4 Å². The van der Waals surface area contributed by atoms with Crippen molar-refractivity contribution < 1.29 is 61.7 Å². The standard InChI is InChI=1S/Al.Ca.Ce.Mn.5H/q;+2;;;;;;2*-1. The van der Waals surface area contributed by atoms with Crippen molar-refractivity contribution in [3.05, 3.63) is 0 Å². The van der Waals surface area contributed by atoms with Crippen molar-refractivity contribution in [2.45, 2.75) is 0 Å². The fourth-order valence-corrected chi connectivity index (χ4v) is 0. The monoisotopic (exact) mass is 267 g/mol. The Labute approximate surface area is 114 Å². The quantitative estimate of drug-likeness (QED) is 0.477. The molecule has 1 radical (unpaired) electrons. The van der Waals surface area contributed by atoms with Gasteiger partial charge in [-0.15, -0.1) is 0 Å². The molecule has 0 aromatic rings. The summed E-state index contributed by atoms with van der Waals surface area (Å²) in [6, 6.07) is 0. The second kappa shape index (κ2) is 15.9. The molecular formula is H5AlCaCeMn. The van der Waals surface area contributed by atoms with Gasteiger partial charge in [0.2, 0.25) is 0 Å². The smallest absolute Gasteiger partial charge is 1.00 e. The second-order valence-corrected chi connectivity index (χ2v) is 0. The summed E-state index contributed by atoms with van der Waals surface area (Å²) in [5, 5.41) is 0. The second-order valence-electron chi connectivity index (χ2n) is 0. The molecule has 0 aliphatic carbocycles. The van der Waals surface area contributed by atoms with Gasteiger partial charge in [-0.3, -0.25) is 0 Å². The van der Waals surface area contributed by atoms with Crippen LogP contribution in [-0.2, 0) is 17.1 Å². The molecule has 0 spiro atoms. The zero-order valence-corrected chi connectivity index (χ0v) is 8.11. The van der Waals surface area contributed by atoms with Crippen molar-refractivity contribution in [1.82, 2.24) is 0 Å². The molecule has 0 unspecified atom stereocenters. The first kappa shape index (κ1) is 25.3. The van der Waals surface area contributed by atoms with E-state index in [1.54, 1.807) is 0 Å². The van der Waals surface area contributed by atoms with Gasteiger partial charge in [0.05, 0.1) is 0 Å². The molecule has 4 heteroatoms. The van der Waals surface area contributed by atoms with Gasteiger partial charge in [-0.25, -0.2) is 0 Å². The van der Waals surface area contributed by atoms with E-state index in [0.29, 0.717) is 0 Å². The van der Waals surface area contributed by atoms with Crippen molar-refractivity contribution in [3.8, 4) is 0 Å². The molecule has 0 aromatic carbocycles. The number of rotatable bonds is 0. The Kier molecular flexibility index (Phi) is 101. The molecule has 21 valence electrons. The summed E-state index contributed by atoms with van der Waals surface area (Å²) >= 11 is 0. The van der Waals surface area contributed by atoms with Gasteiger partial charge >= 0.3 is 37.7 Å². The van der Waals surface area contributed by atoms with Gasteiger partial charge in [0.1, 0.15) is 0 Å². The van der Waals surface area contributed by atoms with E-state index >= 15 is 0 Å². The van der Waals surface area contributed by atoms with Crippen LogP contribution < -0.4 is 0 Å². The van der Waals surface area contributed by atoms with Crippen LogP contribution in [0.5, 0.6) is 0 Å². The van der Waals surface area contributed by atoms with E-state index in [-0.39, 0.29) is 117 Å². The molecule has 0 atom stereocenters. The summed E-state index contributed by atoms with van der Waals surface area (Å²) in [4.78, 5) is 0. The third-order valence-electron chi connectivity index (χ3n) is 0. The van der Waals surface area contributed by atoms with E-state index in [0.717, 1.165) is 0 Å². The Morgan fingerprint density at radius 1 is 1.25 bits per heavy atom. The molecule has 0 fully saturated rings. The molecule has 0 saturated carbocycles. The van der Waals surface area contributed by atoms with Crippen LogP contribution in [-0.4, -0.2) is 55.1 Å². The van der Waals surface area contributed by atoms with Gasteiger partial charge in [-0.2, -0.15) is 0 Å². The fourth-order valence-electron chi connectivity index (χ4n) is 0. The van der Waals surface area contributed by atoms with Crippen molar-refractivity contribution in [2.75, 3.05) is 0 Å². The van der Waals surface area contributed by atoms with E-state index in [1.165, 1.54) is 0 Å². The summed E-state index contributed by atoms with van der Waals surface area (Å²) in [6.45, 7) is 0. The van der Waals surface area contributed by atoms with Crippen LogP contribution in [0.25, 0.3) is 0 Å². The maximum Gasteiger partial charge on any atom is 2.00 e. The van der Waals surface area contributed by atoms with Crippen molar-refractivity contribution in [1.29, 1.82) is 0 Å². The third-order valence-corrected chi connectivity index (χ3v) is 0. The minimum absolute atomic E-state index is 0. The topological polar surface area (TPSA) is 0 Å². The first-order valence-electron chi connectivity index (χ1n) is 0.